The van der Waals surface area contributed by atoms with Crippen LogP contribution in [0.4, 0.5) is 0 Å². The van der Waals surface area contributed by atoms with Crippen LogP contribution in [0.25, 0.3) is 0 Å². The molecule has 1 aliphatic rings. The quantitative estimate of drug-likeness (QED) is 0.854. The summed E-state index contributed by atoms with van der Waals surface area (Å²) in [5.41, 5.74) is 0.881. The van der Waals surface area contributed by atoms with E-state index in [9.17, 15) is 0 Å². The van der Waals surface area contributed by atoms with E-state index in [1.54, 1.807) is 0 Å². The summed E-state index contributed by atoms with van der Waals surface area (Å²) in [6.45, 7) is 4.00. The van der Waals surface area contributed by atoms with Gasteiger partial charge in [-0.15, -0.1) is 0 Å². The Balaban J connectivity index is 1.78. The molecule has 0 radical (unpaired) electrons. The van der Waals surface area contributed by atoms with E-state index in [0.29, 0.717) is 0 Å². The van der Waals surface area contributed by atoms with E-state index in [0.717, 1.165) is 24.5 Å². The smallest absolute Gasteiger partial charge is 0.120 e. The summed E-state index contributed by atoms with van der Waals surface area (Å²) in [6, 6.07) is 7.73. The van der Waals surface area contributed by atoms with Crippen molar-refractivity contribution < 1.29 is 9.84 Å². The Morgan fingerprint density at radius 2 is 1.95 bits per heavy atom. The number of nitrogens with zero attached hydrogens (tertiary/aromatic N) is 1. The van der Waals surface area contributed by atoms with Crippen molar-refractivity contribution in [3.05, 3.63) is 29.8 Å². The first-order valence-electron chi connectivity index (χ1n) is 7.43. The van der Waals surface area contributed by atoms with E-state index in [1.807, 2.05) is 24.3 Å². The van der Waals surface area contributed by atoms with Crippen molar-refractivity contribution in [3.8, 4) is 17.6 Å². The molecule has 1 fully saturated rings. The number of hydrogen-bond acceptors (Lipinski definition) is 3. The Bertz CT molecular complexity index is 454. The SMILES string of the molecule is OCC#Cc1cccc(OCCN2CCCCCC2)c1. The summed E-state index contributed by atoms with van der Waals surface area (Å²) in [5.74, 6) is 6.39. The third-order valence-electron chi connectivity index (χ3n) is 3.52. The standard InChI is InChI=1S/C17H23NO2/c19-13-6-8-16-7-5-9-17(15-16)20-14-12-18-10-3-1-2-4-11-18/h5,7,9,15,19H,1-4,10-14H2. The van der Waals surface area contributed by atoms with Gasteiger partial charge in [0.25, 0.3) is 0 Å². The van der Waals surface area contributed by atoms with Crippen LogP contribution in [0.2, 0.25) is 0 Å². The first-order valence-corrected chi connectivity index (χ1v) is 7.43. The maximum absolute atomic E-state index is 8.70. The van der Waals surface area contributed by atoms with Crippen molar-refractivity contribution >= 4 is 0 Å². The van der Waals surface area contributed by atoms with Gasteiger partial charge in [0.05, 0.1) is 0 Å². The Hall–Kier alpha value is -1.50. The molecule has 0 atom stereocenters. The monoisotopic (exact) mass is 273 g/mol. The lowest BCUT2D eigenvalue weighted by atomic mass is 10.2. The fraction of sp³-hybridized carbons (Fsp3) is 0.529. The molecule has 0 saturated carbocycles. The number of benzene rings is 1. The summed E-state index contributed by atoms with van der Waals surface area (Å²) in [6.07, 6.45) is 5.35. The van der Waals surface area contributed by atoms with Gasteiger partial charge in [-0.25, -0.2) is 0 Å². The largest absolute Gasteiger partial charge is 0.492 e. The Morgan fingerprint density at radius 3 is 2.70 bits per heavy atom. The number of hydrogen-bond donors (Lipinski definition) is 1. The normalized spacial score (nSPS) is 16.1. The van der Waals surface area contributed by atoms with Crippen LogP contribution in [0.5, 0.6) is 5.75 Å². The van der Waals surface area contributed by atoms with Gasteiger partial charge in [-0.1, -0.05) is 30.7 Å². The van der Waals surface area contributed by atoms with Gasteiger partial charge < -0.3 is 9.84 Å². The number of aliphatic hydroxyl groups is 1. The fourth-order valence-corrected chi connectivity index (χ4v) is 2.46. The average molecular weight is 273 g/mol. The predicted molar refractivity (Wildman–Crippen MR) is 80.8 cm³/mol. The molecule has 108 valence electrons. The van der Waals surface area contributed by atoms with Crippen LogP contribution in [-0.4, -0.2) is 42.9 Å². The molecule has 1 heterocycles. The molecule has 0 bridgehead atoms. The van der Waals surface area contributed by atoms with Gasteiger partial charge in [0, 0.05) is 12.1 Å². The van der Waals surface area contributed by atoms with Crippen LogP contribution in [-0.2, 0) is 0 Å². The summed E-state index contributed by atoms with van der Waals surface area (Å²) in [7, 11) is 0. The number of likely N-dealkylation sites (tertiary alicyclic amines) is 1. The van der Waals surface area contributed by atoms with Crippen LogP contribution in [0.3, 0.4) is 0 Å². The summed E-state index contributed by atoms with van der Waals surface area (Å²) in [4.78, 5) is 2.49. The molecule has 1 aromatic carbocycles. The van der Waals surface area contributed by atoms with Crippen LogP contribution >= 0.6 is 0 Å². The van der Waals surface area contributed by atoms with E-state index in [1.165, 1.54) is 38.8 Å². The molecule has 1 N–H and O–H groups in total. The third kappa shape index (κ3) is 5.24. The molecular weight excluding hydrogens is 250 g/mol. The van der Waals surface area contributed by atoms with Crippen LogP contribution in [0, 0.1) is 11.8 Å². The summed E-state index contributed by atoms with van der Waals surface area (Å²) in [5, 5.41) is 8.70. The minimum Gasteiger partial charge on any atom is -0.492 e. The molecule has 0 unspecified atom stereocenters. The second-order valence-electron chi connectivity index (χ2n) is 5.09. The topological polar surface area (TPSA) is 32.7 Å². The van der Waals surface area contributed by atoms with Crippen LogP contribution in [0.1, 0.15) is 31.2 Å². The van der Waals surface area contributed by atoms with Gasteiger partial charge in [-0.2, -0.15) is 0 Å². The van der Waals surface area contributed by atoms with Gasteiger partial charge >= 0.3 is 0 Å². The maximum atomic E-state index is 8.70. The second-order valence-corrected chi connectivity index (χ2v) is 5.09. The molecule has 1 aromatic rings. The first-order chi connectivity index (χ1) is 9.88. The summed E-state index contributed by atoms with van der Waals surface area (Å²) >= 11 is 0. The highest BCUT2D eigenvalue weighted by Gasteiger charge is 2.08. The second kappa shape index (κ2) is 8.63. The van der Waals surface area contributed by atoms with Crippen molar-refractivity contribution in [2.75, 3.05) is 32.8 Å². The van der Waals surface area contributed by atoms with Gasteiger partial charge in [0.15, 0.2) is 0 Å². The van der Waals surface area contributed by atoms with E-state index in [-0.39, 0.29) is 6.61 Å². The van der Waals surface area contributed by atoms with E-state index in [4.69, 9.17) is 9.84 Å². The number of ether oxygens (including phenoxy) is 1. The van der Waals surface area contributed by atoms with Gasteiger partial charge in [-0.05, 0) is 44.1 Å². The Morgan fingerprint density at radius 1 is 1.15 bits per heavy atom. The molecule has 3 nitrogen and oxygen atoms in total. The summed E-state index contributed by atoms with van der Waals surface area (Å²) < 4.78 is 5.80. The maximum Gasteiger partial charge on any atom is 0.120 e. The molecule has 0 aliphatic carbocycles. The van der Waals surface area contributed by atoms with Crippen LogP contribution in [0.15, 0.2) is 24.3 Å². The lowest BCUT2D eigenvalue weighted by Crippen LogP contribution is -2.29. The third-order valence-corrected chi connectivity index (χ3v) is 3.52. The Kier molecular flexibility index (Phi) is 6.43. The van der Waals surface area contributed by atoms with E-state index < -0.39 is 0 Å². The lowest BCUT2D eigenvalue weighted by Gasteiger charge is -2.19. The minimum absolute atomic E-state index is 0.111. The highest BCUT2D eigenvalue weighted by molar-refractivity contribution is 5.39. The first kappa shape index (κ1) is 14.9. The highest BCUT2D eigenvalue weighted by atomic mass is 16.5. The van der Waals surface area contributed by atoms with Crippen molar-refractivity contribution in [2.45, 2.75) is 25.7 Å². The zero-order chi connectivity index (χ0) is 14.0. The van der Waals surface area contributed by atoms with Gasteiger partial charge in [-0.3, -0.25) is 4.90 Å². The molecular formula is C17H23NO2. The van der Waals surface area contributed by atoms with Crippen molar-refractivity contribution in [2.24, 2.45) is 0 Å². The average Bonchev–Trinajstić information content (AvgIpc) is 2.74. The zero-order valence-corrected chi connectivity index (χ0v) is 12.0. The molecule has 1 saturated heterocycles. The van der Waals surface area contributed by atoms with Crippen molar-refractivity contribution in [3.63, 3.8) is 0 Å². The zero-order valence-electron chi connectivity index (χ0n) is 12.0. The number of aliphatic hydroxyl groups excluding tert-OH is 1. The highest BCUT2D eigenvalue weighted by Crippen LogP contribution is 2.13. The Labute approximate surface area is 121 Å². The molecule has 0 spiro atoms. The van der Waals surface area contributed by atoms with Gasteiger partial charge in [0.1, 0.15) is 19.0 Å². The fourth-order valence-electron chi connectivity index (χ4n) is 2.46. The van der Waals surface area contributed by atoms with Crippen molar-refractivity contribution in [1.82, 2.24) is 4.90 Å². The molecule has 0 aromatic heterocycles. The molecule has 3 heteroatoms. The number of rotatable bonds is 4. The van der Waals surface area contributed by atoms with Gasteiger partial charge in [0.2, 0.25) is 0 Å². The molecule has 2 rings (SSSR count). The minimum atomic E-state index is -0.111. The van der Waals surface area contributed by atoms with Crippen molar-refractivity contribution in [1.29, 1.82) is 0 Å². The van der Waals surface area contributed by atoms with E-state index >= 15 is 0 Å². The predicted octanol–water partition coefficient (Wildman–Crippen LogP) is 2.29. The molecule has 1 aliphatic heterocycles. The van der Waals surface area contributed by atoms with Crippen LogP contribution < -0.4 is 4.74 Å². The lowest BCUT2D eigenvalue weighted by molar-refractivity contribution is 0.214. The molecule has 20 heavy (non-hydrogen) atoms. The van der Waals surface area contributed by atoms with E-state index in [2.05, 4.69) is 16.7 Å². The molecule has 0 amide bonds.